The fourth-order valence-electron chi connectivity index (χ4n) is 1.10. The zero-order valence-electron chi connectivity index (χ0n) is 9.08. The third kappa shape index (κ3) is 4.10. The van der Waals surface area contributed by atoms with E-state index >= 15 is 0 Å². The number of nitrogens with one attached hydrogen (secondary N) is 1. The van der Waals surface area contributed by atoms with Gasteiger partial charge in [0.15, 0.2) is 0 Å². The summed E-state index contributed by atoms with van der Waals surface area (Å²) < 4.78 is 0.752. The van der Waals surface area contributed by atoms with Crippen LogP contribution in [0.3, 0.4) is 0 Å². The molecule has 1 aromatic heterocycles. The Morgan fingerprint density at radius 1 is 1.60 bits per heavy atom. The number of carbonyl (C=O) groups excluding carboxylic acids is 1. The highest BCUT2D eigenvalue weighted by Crippen LogP contribution is 2.22. The summed E-state index contributed by atoms with van der Waals surface area (Å²) in [5, 5.41) is 2.83. The maximum atomic E-state index is 11.6. The molecule has 1 rings (SSSR count). The van der Waals surface area contributed by atoms with Crippen molar-refractivity contribution >= 4 is 29.0 Å². The molecule has 0 spiro atoms. The molecule has 0 bridgehead atoms. The maximum Gasteiger partial charge on any atom is 0.317 e. The third-order valence-electron chi connectivity index (χ3n) is 1.78. The van der Waals surface area contributed by atoms with Gasteiger partial charge in [-0.2, -0.15) is 0 Å². The van der Waals surface area contributed by atoms with Crippen LogP contribution in [0.2, 0.25) is 4.34 Å². The van der Waals surface area contributed by atoms with Crippen molar-refractivity contribution in [2.75, 3.05) is 7.05 Å². The van der Waals surface area contributed by atoms with Gasteiger partial charge in [-0.25, -0.2) is 4.79 Å². The van der Waals surface area contributed by atoms with E-state index in [0.717, 1.165) is 9.21 Å². The lowest BCUT2D eigenvalue weighted by molar-refractivity contribution is 0.204. The summed E-state index contributed by atoms with van der Waals surface area (Å²) >= 11 is 7.30. The van der Waals surface area contributed by atoms with Crippen LogP contribution in [-0.4, -0.2) is 24.0 Å². The van der Waals surface area contributed by atoms with Gasteiger partial charge in [0.05, 0.1) is 10.9 Å². The van der Waals surface area contributed by atoms with Crippen molar-refractivity contribution in [3.05, 3.63) is 21.3 Å². The lowest BCUT2D eigenvalue weighted by atomic mass is 10.4. The van der Waals surface area contributed by atoms with Gasteiger partial charge in [0.1, 0.15) is 0 Å². The van der Waals surface area contributed by atoms with Gasteiger partial charge in [0.2, 0.25) is 0 Å². The van der Waals surface area contributed by atoms with Gasteiger partial charge in [0, 0.05) is 18.0 Å². The molecule has 0 saturated heterocycles. The molecule has 0 aliphatic carbocycles. The highest BCUT2D eigenvalue weighted by Gasteiger charge is 2.10. The van der Waals surface area contributed by atoms with Crippen LogP contribution in [-0.2, 0) is 6.54 Å². The lowest BCUT2D eigenvalue weighted by Gasteiger charge is -2.18. The summed E-state index contributed by atoms with van der Waals surface area (Å²) in [6, 6.07) is 3.88. The molecule has 1 aromatic rings. The van der Waals surface area contributed by atoms with Crippen LogP contribution in [0, 0.1) is 0 Å². The number of rotatable bonds is 3. The van der Waals surface area contributed by atoms with Crippen LogP contribution in [0.5, 0.6) is 0 Å². The molecular weight excluding hydrogens is 232 g/mol. The minimum Gasteiger partial charge on any atom is -0.336 e. The zero-order valence-corrected chi connectivity index (χ0v) is 10.7. The standard InChI is InChI=1S/C10H15ClN2OS/c1-7(2)12-10(14)13(3)6-8-4-5-9(11)15-8/h4-5,7H,6H2,1-3H3,(H,12,14). The molecule has 0 unspecified atom stereocenters. The maximum absolute atomic E-state index is 11.6. The highest BCUT2D eigenvalue weighted by molar-refractivity contribution is 7.16. The Bertz CT molecular complexity index is 338. The van der Waals surface area contributed by atoms with Crippen LogP contribution < -0.4 is 5.32 Å². The van der Waals surface area contributed by atoms with Gasteiger partial charge < -0.3 is 10.2 Å². The molecule has 0 aliphatic heterocycles. The van der Waals surface area contributed by atoms with Crippen LogP contribution in [0.15, 0.2) is 12.1 Å². The largest absolute Gasteiger partial charge is 0.336 e. The van der Waals surface area contributed by atoms with E-state index in [1.807, 2.05) is 26.0 Å². The first-order chi connectivity index (χ1) is 6.99. The smallest absolute Gasteiger partial charge is 0.317 e. The van der Waals surface area contributed by atoms with Crippen molar-refractivity contribution in [1.82, 2.24) is 10.2 Å². The molecule has 0 aliphatic rings. The number of thiophene rings is 1. The number of nitrogens with zero attached hydrogens (tertiary/aromatic N) is 1. The van der Waals surface area contributed by atoms with Gasteiger partial charge in [-0.05, 0) is 26.0 Å². The van der Waals surface area contributed by atoms with Gasteiger partial charge in [-0.3, -0.25) is 0 Å². The van der Waals surface area contributed by atoms with Crippen molar-refractivity contribution < 1.29 is 4.79 Å². The average molecular weight is 247 g/mol. The summed E-state index contributed by atoms with van der Waals surface area (Å²) in [6.07, 6.45) is 0. The van der Waals surface area contributed by atoms with Gasteiger partial charge in [-0.15, -0.1) is 11.3 Å². The second kappa shape index (κ2) is 5.37. The lowest BCUT2D eigenvalue weighted by Crippen LogP contribution is -2.40. The van der Waals surface area contributed by atoms with Crippen LogP contribution in [0.1, 0.15) is 18.7 Å². The van der Waals surface area contributed by atoms with E-state index in [4.69, 9.17) is 11.6 Å². The molecule has 5 heteroatoms. The topological polar surface area (TPSA) is 32.3 Å². The van der Waals surface area contributed by atoms with Crippen molar-refractivity contribution in [3.63, 3.8) is 0 Å². The molecule has 0 atom stereocenters. The van der Waals surface area contributed by atoms with Gasteiger partial charge in [0.25, 0.3) is 0 Å². The number of hydrogen-bond acceptors (Lipinski definition) is 2. The van der Waals surface area contributed by atoms with Crippen LogP contribution in [0.25, 0.3) is 0 Å². The fraction of sp³-hybridized carbons (Fsp3) is 0.500. The van der Waals surface area contributed by atoms with E-state index in [9.17, 15) is 4.79 Å². The summed E-state index contributed by atoms with van der Waals surface area (Å²) in [5.74, 6) is 0. The molecular formula is C10H15ClN2OS. The summed E-state index contributed by atoms with van der Waals surface area (Å²) in [6.45, 7) is 4.47. The normalized spacial score (nSPS) is 10.5. The van der Waals surface area contributed by atoms with E-state index in [1.165, 1.54) is 11.3 Å². The molecule has 0 fully saturated rings. The van der Waals surface area contributed by atoms with E-state index < -0.39 is 0 Å². The molecule has 84 valence electrons. The molecule has 1 N–H and O–H groups in total. The monoisotopic (exact) mass is 246 g/mol. The first-order valence-electron chi connectivity index (χ1n) is 4.75. The van der Waals surface area contributed by atoms with E-state index in [2.05, 4.69) is 5.32 Å². The Hall–Kier alpha value is -0.740. The Morgan fingerprint density at radius 2 is 2.27 bits per heavy atom. The van der Waals surface area contributed by atoms with Crippen molar-refractivity contribution in [3.8, 4) is 0 Å². The summed E-state index contributed by atoms with van der Waals surface area (Å²) in [5.41, 5.74) is 0. The SMILES string of the molecule is CC(C)NC(=O)N(C)Cc1ccc(Cl)s1. The number of hydrogen-bond donors (Lipinski definition) is 1. The first-order valence-corrected chi connectivity index (χ1v) is 5.94. The minimum atomic E-state index is -0.0606. The van der Waals surface area contributed by atoms with Gasteiger partial charge in [-0.1, -0.05) is 11.6 Å². The van der Waals surface area contributed by atoms with Crippen LogP contribution in [0.4, 0.5) is 4.79 Å². The Labute approximate surface area is 99.0 Å². The quantitative estimate of drug-likeness (QED) is 0.874. The minimum absolute atomic E-state index is 0.0606. The zero-order chi connectivity index (χ0) is 11.4. The third-order valence-corrected chi connectivity index (χ3v) is 3.00. The molecule has 0 radical (unpaired) electrons. The Kier molecular flexibility index (Phi) is 4.42. The molecule has 1 heterocycles. The Balaban J connectivity index is 2.48. The van der Waals surface area contributed by atoms with Crippen molar-refractivity contribution in [2.24, 2.45) is 0 Å². The Morgan fingerprint density at radius 3 is 2.73 bits per heavy atom. The number of carbonyl (C=O) groups is 1. The number of amides is 2. The first kappa shape index (κ1) is 12.3. The van der Waals surface area contributed by atoms with Crippen molar-refractivity contribution in [2.45, 2.75) is 26.4 Å². The van der Waals surface area contributed by atoms with Gasteiger partial charge >= 0.3 is 6.03 Å². The second-order valence-electron chi connectivity index (χ2n) is 3.67. The molecule has 2 amide bonds. The number of urea groups is 1. The number of halogens is 1. The van der Waals surface area contributed by atoms with Crippen molar-refractivity contribution in [1.29, 1.82) is 0 Å². The molecule has 3 nitrogen and oxygen atoms in total. The predicted molar refractivity (Wildman–Crippen MR) is 64.5 cm³/mol. The highest BCUT2D eigenvalue weighted by atomic mass is 35.5. The van der Waals surface area contributed by atoms with E-state index in [-0.39, 0.29) is 12.1 Å². The van der Waals surface area contributed by atoms with Crippen LogP contribution >= 0.6 is 22.9 Å². The summed E-state index contributed by atoms with van der Waals surface area (Å²) in [7, 11) is 1.77. The molecule has 0 aromatic carbocycles. The van der Waals surface area contributed by atoms with E-state index in [0.29, 0.717) is 6.54 Å². The second-order valence-corrected chi connectivity index (χ2v) is 5.47. The fourth-order valence-corrected chi connectivity index (χ4v) is 2.24. The predicted octanol–water partition coefficient (Wildman–Crippen LogP) is 2.95. The van der Waals surface area contributed by atoms with E-state index in [1.54, 1.807) is 11.9 Å². The molecule has 0 saturated carbocycles. The summed E-state index contributed by atoms with van der Waals surface area (Å²) in [4.78, 5) is 14.3. The molecule has 15 heavy (non-hydrogen) atoms. The average Bonchev–Trinajstić information content (AvgIpc) is 2.50.